The molecule has 0 saturated carbocycles. The fraction of sp³-hybridized carbons (Fsp3) is 0.455. The Labute approximate surface area is 195 Å². The van der Waals surface area contributed by atoms with Crippen LogP contribution in [-0.2, 0) is 20.7 Å². The van der Waals surface area contributed by atoms with Crippen LogP contribution in [0.2, 0.25) is 0 Å². The van der Waals surface area contributed by atoms with E-state index in [4.69, 9.17) is 9.15 Å². The number of aliphatic hydroxyl groups is 2. The van der Waals surface area contributed by atoms with Crippen LogP contribution >= 0.6 is 11.8 Å². The number of hydrogen-bond acceptors (Lipinski definition) is 9. The number of nitrogens with one attached hydrogen (secondary N) is 2. The van der Waals surface area contributed by atoms with Crippen molar-refractivity contribution in [1.82, 2.24) is 15.6 Å². The van der Waals surface area contributed by atoms with Crippen molar-refractivity contribution in [2.45, 2.75) is 50.5 Å². The number of nitrogens with zero attached hydrogens (tertiary/aromatic N) is 1. The van der Waals surface area contributed by atoms with Gasteiger partial charge in [-0.05, 0) is 6.92 Å². The number of allylic oxidation sites excluding steroid dienone is 2. The number of esters is 1. The molecule has 0 spiro atoms. The summed E-state index contributed by atoms with van der Waals surface area (Å²) < 4.78 is 10.7. The second kappa shape index (κ2) is 11.8. The molecule has 1 aromatic heterocycles. The Bertz CT molecular complexity index is 956. The van der Waals surface area contributed by atoms with Crippen LogP contribution in [0.4, 0.5) is 0 Å². The van der Waals surface area contributed by atoms with E-state index in [1.807, 2.05) is 0 Å². The number of rotatable bonds is 0. The molecule has 4 N–H and O–H groups in total. The maximum atomic E-state index is 12.6. The third kappa shape index (κ3) is 7.58. The summed E-state index contributed by atoms with van der Waals surface area (Å²) in [5.74, 6) is -1.34. The smallest absolute Gasteiger partial charge is 0.329 e. The van der Waals surface area contributed by atoms with E-state index >= 15 is 0 Å². The monoisotopic (exact) mass is 477 g/mol. The van der Waals surface area contributed by atoms with Crippen LogP contribution in [0.3, 0.4) is 0 Å². The maximum absolute atomic E-state index is 12.6. The number of ether oxygens (including phenoxy) is 1. The minimum Gasteiger partial charge on any atom is -0.461 e. The van der Waals surface area contributed by atoms with Gasteiger partial charge in [0, 0.05) is 25.1 Å². The quantitative estimate of drug-likeness (QED) is 0.394. The first kappa shape index (κ1) is 24.7. The van der Waals surface area contributed by atoms with Gasteiger partial charge in [-0.2, -0.15) is 0 Å². The van der Waals surface area contributed by atoms with Gasteiger partial charge in [0.25, 0.3) is 11.8 Å². The fourth-order valence-corrected chi connectivity index (χ4v) is 4.10. The zero-order valence-corrected chi connectivity index (χ0v) is 18.9. The number of fused-ring (bicyclic) bond motifs is 5. The van der Waals surface area contributed by atoms with E-state index < -0.39 is 36.2 Å². The predicted octanol–water partition coefficient (Wildman–Crippen LogP) is 0.622. The molecule has 4 unspecified atom stereocenters. The molecule has 2 amide bonds. The molecule has 3 heterocycles. The Kier molecular flexibility index (Phi) is 8.87. The van der Waals surface area contributed by atoms with E-state index in [0.717, 1.165) is 18.0 Å². The molecule has 178 valence electrons. The second-order valence-corrected chi connectivity index (χ2v) is 8.76. The van der Waals surface area contributed by atoms with Gasteiger partial charge in [0.1, 0.15) is 18.4 Å². The molecule has 0 aromatic carbocycles. The highest BCUT2D eigenvalue weighted by molar-refractivity contribution is 8.04. The standard InChI is InChI=1S/C22H27N3O7S/c1-13-6-7-18-21(29)23-8-4-2-3-5-14(26)9-15(27)10-19-24-16(11-31-19)20(28)25-17(12-33-18)22(30)32-13/h2-5,7,11,13-15,17,26-27H,6,8-10,12H2,1H3,(H,23,29)(H,25,28)/b4-2-,5-3-,18-7-. The first-order valence-corrected chi connectivity index (χ1v) is 11.6. The number of aliphatic hydroxyl groups excluding tert-OH is 2. The van der Waals surface area contributed by atoms with E-state index in [2.05, 4.69) is 15.6 Å². The summed E-state index contributed by atoms with van der Waals surface area (Å²) in [6.07, 6.45) is 7.47. The summed E-state index contributed by atoms with van der Waals surface area (Å²) in [5, 5.41) is 25.6. The lowest BCUT2D eigenvalue weighted by Crippen LogP contribution is -2.44. The van der Waals surface area contributed by atoms with Gasteiger partial charge in [0.15, 0.2) is 11.6 Å². The Morgan fingerprint density at radius 2 is 2.00 bits per heavy atom. The van der Waals surface area contributed by atoms with Crippen LogP contribution in [-0.4, -0.2) is 69.6 Å². The lowest BCUT2D eigenvalue weighted by molar-refractivity contribution is -0.149. The summed E-state index contributed by atoms with van der Waals surface area (Å²) in [4.78, 5) is 42.3. The van der Waals surface area contributed by atoms with Crippen molar-refractivity contribution in [3.05, 3.63) is 53.1 Å². The van der Waals surface area contributed by atoms with Crippen LogP contribution < -0.4 is 10.6 Å². The Morgan fingerprint density at radius 1 is 1.18 bits per heavy atom. The highest BCUT2D eigenvalue weighted by Gasteiger charge is 2.28. The van der Waals surface area contributed by atoms with Crippen molar-refractivity contribution in [3.63, 3.8) is 0 Å². The van der Waals surface area contributed by atoms with Crippen LogP contribution in [0.15, 0.2) is 46.0 Å². The summed E-state index contributed by atoms with van der Waals surface area (Å²) in [5.41, 5.74) is -0.0589. The molecule has 0 fully saturated rings. The maximum Gasteiger partial charge on any atom is 0.329 e. The molecule has 2 aliphatic rings. The van der Waals surface area contributed by atoms with Crippen LogP contribution in [0.25, 0.3) is 0 Å². The number of hydrogen-bond donors (Lipinski definition) is 4. The van der Waals surface area contributed by atoms with Crippen molar-refractivity contribution in [2.75, 3.05) is 12.3 Å². The molecule has 1 aromatic rings. The molecule has 10 nitrogen and oxygen atoms in total. The highest BCUT2D eigenvalue weighted by atomic mass is 32.2. The first-order chi connectivity index (χ1) is 15.8. The molecule has 4 atom stereocenters. The van der Waals surface area contributed by atoms with Gasteiger partial charge in [0.05, 0.1) is 23.5 Å². The van der Waals surface area contributed by atoms with Crippen LogP contribution in [0.5, 0.6) is 0 Å². The molecule has 33 heavy (non-hydrogen) atoms. The number of oxazole rings is 1. The molecule has 0 aliphatic carbocycles. The Morgan fingerprint density at radius 3 is 2.82 bits per heavy atom. The van der Waals surface area contributed by atoms with Gasteiger partial charge >= 0.3 is 5.97 Å². The first-order valence-electron chi connectivity index (χ1n) is 10.6. The number of carbonyl (C=O) groups excluding carboxylic acids is 3. The number of aromatic nitrogens is 1. The van der Waals surface area contributed by atoms with Crippen molar-refractivity contribution in [2.24, 2.45) is 0 Å². The van der Waals surface area contributed by atoms with Crippen molar-refractivity contribution in [3.8, 4) is 0 Å². The lowest BCUT2D eigenvalue weighted by Gasteiger charge is -2.18. The topological polar surface area (TPSA) is 151 Å². The summed E-state index contributed by atoms with van der Waals surface area (Å²) in [7, 11) is 0. The van der Waals surface area contributed by atoms with Crippen LogP contribution in [0, 0.1) is 0 Å². The molecule has 0 radical (unpaired) electrons. The van der Waals surface area contributed by atoms with Gasteiger partial charge in [-0.25, -0.2) is 9.78 Å². The molecular weight excluding hydrogens is 450 g/mol. The van der Waals surface area contributed by atoms with Gasteiger partial charge < -0.3 is 30.0 Å². The van der Waals surface area contributed by atoms with Gasteiger partial charge in [-0.3, -0.25) is 9.59 Å². The second-order valence-electron chi connectivity index (χ2n) is 7.70. The molecule has 0 saturated heterocycles. The summed E-state index contributed by atoms with van der Waals surface area (Å²) in [6, 6.07) is -1.00. The average molecular weight is 478 g/mol. The lowest BCUT2D eigenvalue weighted by atomic mass is 10.1. The number of carbonyl (C=O) groups is 3. The number of amides is 2. The molecular formula is C22H27N3O7S. The van der Waals surface area contributed by atoms with Gasteiger partial charge in [0.2, 0.25) is 0 Å². The van der Waals surface area contributed by atoms with Gasteiger partial charge in [-0.15, -0.1) is 11.8 Å². The third-order valence-electron chi connectivity index (χ3n) is 4.84. The molecule has 3 rings (SSSR count). The highest BCUT2D eigenvalue weighted by Crippen LogP contribution is 2.22. The Hall–Kier alpha value is -2.89. The summed E-state index contributed by atoms with van der Waals surface area (Å²) in [6.45, 7) is 1.97. The molecule has 11 heteroatoms. The van der Waals surface area contributed by atoms with Crippen LogP contribution in [0.1, 0.15) is 36.1 Å². The van der Waals surface area contributed by atoms with E-state index in [1.165, 1.54) is 6.08 Å². The van der Waals surface area contributed by atoms with E-state index in [9.17, 15) is 24.6 Å². The minimum absolute atomic E-state index is 0.00699. The van der Waals surface area contributed by atoms with Crippen molar-refractivity contribution < 1.29 is 33.8 Å². The van der Waals surface area contributed by atoms with Crippen molar-refractivity contribution >= 4 is 29.5 Å². The predicted molar refractivity (Wildman–Crippen MR) is 120 cm³/mol. The third-order valence-corrected chi connectivity index (χ3v) is 6.00. The number of thioether (sulfide) groups is 1. The summed E-state index contributed by atoms with van der Waals surface area (Å²) >= 11 is 1.15. The zero-order valence-electron chi connectivity index (χ0n) is 18.1. The van der Waals surface area contributed by atoms with E-state index in [-0.39, 0.29) is 42.6 Å². The fourth-order valence-electron chi connectivity index (χ4n) is 3.12. The van der Waals surface area contributed by atoms with E-state index in [0.29, 0.717) is 11.3 Å². The SMILES string of the molecule is CC1C/C=C2\SCC(NC(=O)c3coc(n3)CC(O)CC(O)/C=C\C=C/CNC2=O)C(=O)O1. The molecule has 2 aliphatic heterocycles. The minimum atomic E-state index is -1.00. The zero-order chi connectivity index (χ0) is 23.8. The average Bonchev–Trinajstić information content (AvgIpc) is 3.23. The van der Waals surface area contributed by atoms with E-state index in [1.54, 1.807) is 31.2 Å². The number of cyclic esters (lactones) is 1. The normalized spacial score (nSPS) is 31.5. The van der Waals surface area contributed by atoms with Gasteiger partial charge in [-0.1, -0.05) is 30.4 Å². The largest absolute Gasteiger partial charge is 0.461 e. The molecule has 4 bridgehead atoms. The van der Waals surface area contributed by atoms with Crippen molar-refractivity contribution in [1.29, 1.82) is 0 Å². The Balaban J connectivity index is 1.84.